The minimum absolute atomic E-state index is 0.374. The van der Waals surface area contributed by atoms with Crippen LogP contribution in [0.3, 0.4) is 0 Å². The lowest BCUT2D eigenvalue weighted by atomic mass is 10.0. The van der Waals surface area contributed by atoms with Crippen molar-refractivity contribution in [3.63, 3.8) is 0 Å². The minimum atomic E-state index is 0.374. The molecule has 0 aliphatic carbocycles. The van der Waals surface area contributed by atoms with Gasteiger partial charge in [-0.15, -0.1) is 0 Å². The first kappa shape index (κ1) is 21.8. The second-order valence-electron chi connectivity index (χ2n) is 11.0. The Bertz CT molecular complexity index is 2810. The van der Waals surface area contributed by atoms with Crippen molar-refractivity contribution in [2.45, 2.75) is 0 Å². The van der Waals surface area contributed by atoms with E-state index in [1.165, 1.54) is 48.9 Å². The third-order valence-corrected chi connectivity index (χ3v) is 8.86. The molecule has 4 aromatic heterocycles. The van der Waals surface area contributed by atoms with Gasteiger partial charge in [0.05, 0.1) is 33.1 Å². The maximum Gasteiger partial charge on any atom is 0.236 e. The van der Waals surface area contributed by atoms with Gasteiger partial charge in [-0.3, -0.25) is 4.57 Å². The van der Waals surface area contributed by atoms with Crippen molar-refractivity contribution in [3.05, 3.63) is 121 Å². The second kappa shape index (κ2) is 7.60. The zero-order valence-electron chi connectivity index (χ0n) is 22.2. The third kappa shape index (κ3) is 2.57. The Kier molecular flexibility index (Phi) is 3.94. The molecule has 192 valence electrons. The van der Waals surface area contributed by atoms with Crippen molar-refractivity contribution in [3.8, 4) is 12.0 Å². The fourth-order valence-corrected chi connectivity index (χ4v) is 7.16. The number of rotatable bonds is 1. The van der Waals surface area contributed by atoms with E-state index in [0.29, 0.717) is 11.6 Å². The van der Waals surface area contributed by atoms with Crippen molar-refractivity contribution < 1.29 is 0 Å². The van der Waals surface area contributed by atoms with Gasteiger partial charge in [0.1, 0.15) is 6.07 Å². The Morgan fingerprint density at radius 3 is 2.00 bits per heavy atom. The van der Waals surface area contributed by atoms with E-state index < -0.39 is 0 Å². The largest absolute Gasteiger partial charge is 0.308 e. The molecule has 5 heteroatoms. The van der Waals surface area contributed by atoms with E-state index in [4.69, 9.17) is 9.97 Å². The van der Waals surface area contributed by atoms with Gasteiger partial charge in [0.25, 0.3) is 0 Å². The monoisotopic (exact) mass is 533 g/mol. The number of benzene rings is 6. The lowest BCUT2D eigenvalue weighted by Crippen LogP contribution is -2.03. The van der Waals surface area contributed by atoms with Crippen molar-refractivity contribution in [1.82, 2.24) is 18.9 Å². The van der Waals surface area contributed by atoms with Crippen LogP contribution in [0.25, 0.3) is 87.5 Å². The molecular formula is C37H19N5. The van der Waals surface area contributed by atoms with E-state index >= 15 is 0 Å². The molecule has 0 atom stereocenters. The highest BCUT2D eigenvalue weighted by atomic mass is 15.2. The smallest absolute Gasteiger partial charge is 0.236 e. The molecule has 42 heavy (non-hydrogen) atoms. The Labute approximate surface area is 238 Å². The molecule has 0 radical (unpaired) electrons. The lowest BCUT2D eigenvalue weighted by molar-refractivity contribution is 1.00. The van der Waals surface area contributed by atoms with E-state index in [1.54, 1.807) is 0 Å². The molecule has 4 heterocycles. The normalized spacial score (nSPS) is 12.3. The highest BCUT2D eigenvalue weighted by molar-refractivity contribution is 6.36. The van der Waals surface area contributed by atoms with Crippen molar-refractivity contribution >= 4 is 81.6 Å². The van der Waals surface area contributed by atoms with Gasteiger partial charge in [-0.2, -0.15) is 5.26 Å². The number of para-hydroxylation sites is 3. The predicted octanol–water partition coefficient (Wildman–Crippen LogP) is 8.90. The van der Waals surface area contributed by atoms with E-state index in [0.717, 1.165) is 32.7 Å². The Balaban J connectivity index is 1.52. The van der Waals surface area contributed by atoms with Gasteiger partial charge in [-0.25, -0.2) is 9.97 Å². The molecule has 10 aromatic rings. The number of hydrogen-bond acceptors (Lipinski definition) is 3. The highest BCUT2D eigenvalue weighted by Crippen LogP contribution is 2.47. The molecule has 0 saturated carbocycles. The van der Waals surface area contributed by atoms with Gasteiger partial charge in [-0.05, 0) is 53.2 Å². The van der Waals surface area contributed by atoms with Crippen LogP contribution in [0.5, 0.6) is 0 Å². The second-order valence-corrected chi connectivity index (χ2v) is 11.0. The summed E-state index contributed by atoms with van der Waals surface area (Å²) in [6, 6.07) is 42.7. The first-order chi connectivity index (χ1) is 20.8. The van der Waals surface area contributed by atoms with E-state index in [-0.39, 0.29) is 0 Å². The Hall–Kier alpha value is -5.99. The number of nitriles is 1. The zero-order chi connectivity index (χ0) is 27.5. The molecule has 0 N–H and O–H groups in total. The van der Waals surface area contributed by atoms with Crippen LogP contribution < -0.4 is 0 Å². The summed E-state index contributed by atoms with van der Waals surface area (Å²) < 4.78 is 4.58. The summed E-state index contributed by atoms with van der Waals surface area (Å²) in [5, 5.41) is 20.4. The van der Waals surface area contributed by atoms with Gasteiger partial charge in [0.2, 0.25) is 5.95 Å². The topological polar surface area (TPSA) is 58.9 Å². The van der Waals surface area contributed by atoms with Crippen molar-refractivity contribution in [2.24, 2.45) is 0 Å². The predicted molar refractivity (Wildman–Crippen MR) is 171 cm³/mol. The van der Waals surface area contributed by atoms with E-state index in [9.17, 15) is 5.26 Å². The van der Waals surface area contributed by atoms with Crippen LogP contribution in [-0.2, 0) is 0 Å². The highest BCUT2D eigenvalue weighted by Gasteiger charge is 2.25. The summed E-state index contributed by atoms with van der Waals surface area (Å²) in [6.07, 6.45) is 0. The number of hydrogen-bond donors (Lipinski definition) is 0. The first-order valence-electron chi connectivity index (χ1n) is 14.0. The average molecular weight is 534 g/mol. The standard InChI is InChI=1S/C37H19N5/c38-20-29-24-12-3-6-14-28(24)39-37(40-29)42-32-18-22-10-2-1-9-21(22)17-27(32)34-33(42)19-26-23-11-4-7-15-30(23)41-31-16-8-5-13-25(31)35(34)36(26)41/h1-19H. The zero-order valence-corrected chi connectivity index (χ0v) is 22.2. The number of aromatic nitrogens is 4. The molecule has 0 fully saturated rings. The molecule has 0 bridgehead atoms. The molecular weight excluding hydrogens is 514 g/mol. The van der Waals surface area contributed by atoms with Gasteiger partial charge in [0.15, 0.2) is 5.69 Å². The number of nitrogens with zero attached hydrogens (tertiary/aromatic N) is 5. The number of fused-ring (bicyclic) bond motifs is 12. The summed E-state index contributed by atoms with van der Waals surface area (Å²) in [5.41, 5.74) is 6.80. The van der Waals surface area contributed by atoms with Crippen molar-refractivity contribution in [1.29, 1.82) is 5.26 Å². The van der Waals surface area contributed by atoms with Crippen LogP contribution in [0, 0.1) is 11.3 Å². The van der Waals surface area contributed by atoms with Crippen LogP contribution in [0.15, 0.2) is 115 Å². The van der Waals surface area contributed by atoms with Gasteiger partial charge in [0, 0.05) is 37.7 Å². The van der Waals surface area contributed by atoms with E-state index in [1.807, 2.05) is 24.3 Å². The summed E-state index contributed by atoms with van der Waals surface area (Å²) in [4.78, 5) is 9.92. The molecule has 0 amide bonds. The summed E-state index contributed by atoms with van der Waals surface area (Å²) in [7, 11) is 0. The average Bonchev–Trinajstić information content (AvgIpc) is 3.67. The van der Waals surface area contributed by atoms with Crippen LogP contribution in [0.1, 0.15) is 5.69 Å². The molecule has 0 unspecified atom stereocenters. The van der Waals surface area contributed by atoms with E-state index in [2.05, 4.69) is 106 Å². The minimum Gasteiger partial charge on any atom is -0.308 e. The molecule has 6 aromatic carbocycles. The van der Waals surface area contributed by atoms with Gasteiger partial charge in [-0.1, -0.05) is 72.8 Å². The third-order valence-electron chi connectivity index (χ3n) is 8.86. The Morgan fingerprint density at radius 1 is 0.524 bits per heavy atom. The van der Waals surface area contributed by atoms with Crippen LogP contribution in [0.4, 0.5) is 0 Å². The van der Waals surface area contributed by atoms with Crippen LogP contribution >= 0.6 is 0 Å². The molecule has 0 aliphatic heterocycles. The lowest BCUT2D eigenvalue weighted by Gasteiger charge is -2.09. The quantitative estimate of drug-likeness (QED) is 0.212. The van der Waals surface area contributed by atoms with Gasteiger partial charge < -0.3 is 4.40 Å². The summed E-state index contributed by atoms with van der Waals surface area (Å²) in [5.74, 6) is 0.502. The first-order valence-corrected chi connectivity index (χ1v) is 14.0. The summed E-state index contributed by atoms with van der Waals surface area (Å²) >= 11 is 0. The van der Waals surface area contributed by atoms with Crippen LogP contribution in [-0.4, -0.2) is 18.9 Å². The molecule has 0 aliphatic rings. The maximum atomic E-state index is 10.1. The molecule has 0 saturated heterocycles. The molecule has 0 spiro atoms. The SMILES string of the molecule is N#Cc1nc(-n2c3cc4ccccc4cc3c3c4c5ccccc5n5c6ccccc6c(cc32)c45)nc2ccccc12. The van der Waals surface area contributed by atoms with Crippen molar-refractivity contribution in [2.75, 3.05) is 0 Å². The maximum absolute atomic E-state index is 10.1. The molecule has 5 nitrogen and oxygen atoms in total. The van der Waals surface area contributed by atoms with Crippen LogP contribution in [0.2, 0.25) is 0 Å². The Morgan fingerprint density at radius 2 is 1.19 bits per heavy atom. The fourth-order valence-electron chi connectivity index (χ4n) is 7.16. The van der Waals surface area contributed by atoms with Gasteiger partial charge >= 0.3 is 0 Å². The molecule has 10 rings (SSSR count). The fraction of sp³-hybridized carbons (Fsp3) is 0. The summed E-state index contributed by atoms with van der Waals surface area (Å²) in [6.45, 7) is 0.